The topological polar surface area (TPSA) is 55.6 Å². The van der Waals surface area contributed by atoms with E-state index in [1.165, 1.54) is 13.4 Å². The molecule has 13 heavy (non-hydrogen) atoms. The van der Waals surface area contributed by atoms with Crippen molar-refractivity contribution in [3.63, 3.8) is 0 Å². The van der Waals surface area contributed by atoms with Gasteiger partial charge in [0.05, 0.1) is 13.7 Å². The van der Waals surface area contributed by atoms with Crippen LogP contribution in [0.25, 0.3) is 0 Å². The van der Waals surface area contributed by atoms with Crippen molar-refractivity contribution in [1.82, 2.24) is 9.88 Å². The maximum atomic E-state index is 11.0. The lowest BCUT2D eigenvalue weighted by Crippen LogP contribution is -2.11. The van der Waals surface area contributed by atoms with Crippen LogP contribution in [0.2, 0.25) is 0 Å². The van der Waals surface area contributed by atoms with Crippen molar-refractivity contribution >= 4 is 5.97 Å². The fourth-order valence-corrected chi connectivity index (χ4v) is 0.852. The number of hydrogen-bond donors (Lipinski definition) is 0. The zero-order valence-electron chi connectivity index (χ0n) is 7.90. The number of nitrogens with zero attached hydrogens (tertiary/aromatic N) is 2. The lowest BCUT2D eigenvalue weighted by Gasteiger charge is -2.03. The lowest BCUT2D eigenvalue weighted by atomic mass is 10.5. The van der Waals surface area contributed by atoms with Crippen molar-refractivity contribution in [2.24, 2.45) is 0 Å². The van der Waals surface area contributed by atoms with Crippen LogP contribution in [-0.4, -0.2) is 37.1 Å². The predicted molar refractivity (Wildman–Crippen MR) is 45.2 cm³/mol. The second-order valence-electron chi connectivity index (χ2n) is 2.86. The molecule has 1 aromatic rings. The van der Waals surface area contributed by atoms with Crippen LogP contribution in [0.15, 0.2) is 10.7 Å². The van der Waals surface area contributed by atoms with E-state index in [1.807, 2.05) is 19.0 Å². The second-order valence-corrected chi connectivity index (χ2v) is 2.86. The normalized spacial score (nSPS) is 10.5. The third kappa shape index (κ3) is 2.55. The molecule has 0 saturated heterocycles. The molecule has 0 radical (unpaired) electrons. The van der Waals surface area contributed by atoms with Gasteiger partial charge in [0.1, 0.15) is 6.26 Å². The summed E-state index contributed by atoms with van der Waals surface area (Å²) < 4.78 is 9.52. The largest absolute Gasteiger partial charge is 0.464 e. The number of esters is 1. The van der Waals surface area contributed by atoms with Crippen LogP contribution < -0.4 is 0 Å². The number of carbonyl (C=O) groups excluding carboxylic acids is 1. The molecule has 72 valence electrons. The number of hydrogen-bond acceptors (Lipinski definition) is 5. The van der Waals surface area contributed by atoms with Gasteiger partial charge >= 0.3 is 5.97 Å². The molecule has 0 unspecified atom stereocenters. The van der Waals surface area contributed by atoms with Crippen LogP contribution in [0.1, 0.15) is 16.4 Å². The van der Waals surface area contributed by atoms with E-state index in [4.69, 9.17) is 4.42 Å². The first-order chi connectivity index (χ1) is 6.13. The van der Waals surface area contributed by atoms with Crippen molar-refractivity contribution < 1.29 is 13.9 Å². The second kappa shape index (κ2) is 4.04. The molecule has 1 heterocycles. The summed E-state index contributed by atoms with van der Waals surface area (Å²) in [5.74, 6) is 0.0270. The fraction of sp³-hybridized carbons (Fsp3) is 0.500. The average Bonchev–Trinajstić information content (AvgIpc) is 2.50. The van der Waals surface area contributed by atoms with E-state index in [0.717, 1.165) is 0 Å². The summed E-state index contributed by atoms with van der Waals surface area (Å²) in [5, 5.41) is 0. The Balaban J connectivity index is 2.69. The van der Waals surface area contributed by atoms with Gasteiger partial charge in [-0.3, -0.25) is 0 Å². The molecule has 0 amide bonds. The third-order valence-corrected chi connectivity index (χ3v) is 1.40. The zero-order chi connectivity index (χ0) is 9.84. The summed E-state index contributed by atoms with van der Waals surface area (Å²) in [6, 6.07) is 0. The van der Waals surface area contributed by atoms with Gasteiger partial charge in [-0.1, -0.05) is 0 Å². The summed E-state index contributed by atoms with van der Waals surface area (Å²) in [4.78, 5) is 16.8. The number of aromatic nitrogens is 1. The Kier molecular flexibility index (Phi) is 3.02. The minimum Gasteiger partial charge on any atom is -0.464 e. The van der Waals surface area contributed by atoms with Crippen LogP contribution in [-0.2, 0) is 11.3 Å². The molecule has 0 bridgehead atoms. The smallest absolute Gasteiger partial charge is 0.360 e. The molecule has 5 nitrogen and oxygen atoms in total. The van der Waals surface area contributed by atoms with Gasteiger partial charge in [-0.15, -0.1) is 0 Å². The zero-order valence-corrected chi connectivity index (χ0v) is 7.90. The molecule has 5 heteroatoms. The van der Waals surface area contributed by atoms with E-state index in [2.05, 4.69) is 9.72 Å². The van der Waals surface area contributed by atoms with Gasteiger partial charge in [-0.2, -0.15) is 0 Å². The van der Waals surface area contributed by atoms with Crippen LogP contribution in [0.3, 0.4) is 0 Å². The van der Waals surface area contributed by atoms with Crippen LogP contribution >= 0.6 is 0 Å². The minimum atomic E-state index is -0.478. The highest BCUT2D eigenvalue weighted by atomic mass is 16.5. The fourth-order valence-electron chi connectivity index (χ4n) is 0.852. The monoisotopic (exact) mass is 184 g/mol. The van der Waals surface area contributed by atoms with Crippen molar-refractivity contribution in [3.05, 3.63) is 17.8 Å². The summed E-state index contributed by atoms with van der Waals surface area (Å²) in [7, 11) is 5.09. The Morgan fingerprint density at radius 3 is 2.92 bits per heavy atom. The Labute approximate surface area is 76.3 Å². The number of methoxy groups -OCH3 is 1. The Morgan fingerprint density at radius 1 is 1.69 bits per heavy atom. The van der Waals surface area contributed by atoms with Crippen LogP contribution in [0.5, 0.6) is 0 Å². The first-order valence-corrected chi connectivity index (χ1v) is 3.81. The van der Waals surface area contributed by atoms with Crippen molar-refractivity contribution in [2.75, 3.05) is 21.2 Å². The van der Waals surface area contributed by atoms with E-state index >= 15 is 0 Å². The van der Waals surface area contributed by atoms with E-state index in [1.54, 1.807) is 0 Å². The Hall–Kier alpha value is -1.36. The van der Waals surface area contributed by atoms with Crippen molar-refractivity contribution in [3.8, 4) is 0 Å². The van der Waals surface area contributed by atoms with Gasteiger partial charge in [0, 0.05) is 0 Å². The van der Waals surface area contributed by atoms with Gasteiger partial charge in [0.15, 0.2) is 5.69 Å². The highest BCUT2D eigenvalue weighted by Crippen LogP contribution is 2.04. The van der Waals surface area contributed by atoms with Crippen molar-refractivity contribution in [1.29, 1.82) is 0 Å². The molecule has 0 spiro atoms. The summed E-state index contributed by atoms with van der Waals surface area (Å²) >= 11 is 0. The first kappa shape index (κ1) is 9.73. The molecule has 0 aliphatic carbocycles. The Morgan fingerprint density at radius 2 is 2.38 bits per heavy atom. The molecule has 0 N–H and O–H groups in total. The summed E-state index contributed by atoms with van der Waals surface area (Å²) in [6.07, 6.45) is 1.30. The van der Waals surface area contributed by atoms with E-state index in [9.17, 15) is 4.79 Å². The molecule has 0 saturated carbocycles. The third-order valence-electron chi connectivity index (χ3n) is 1.40. The molecular weight excluding hydrogens is 172 g/mol. The van der Waals surface area contributed by atoms with E-state index in [-0.39, 0.29) is 5.69 Å². The Bertz CT molecular complexity index is 293. The lowest BCUT2D eigenvalue weighted by molar-refractivity contribution is 0.0594. The quantitative estimate of drug-likeness (QED) is 0.641. The molecule has 0 fully saturated rings. The first-order valence-electron chi connectivity index (χ1n) is 3.81. The van der Waals surface area contributed by atoms with Crippen molar-refractivity contribution in [2.45, 2.75) is 6.54 Å². The van der Waals surface area contributed by atoms with Crippen LogP contribution in [0.4, 0.5) is 0 Å². The molecule has 1 rings (SSSR count). The maximum Gasteiger partial charge on any atom is 0.360 e. The number of ether oxygens (including phenoxy) is 1. The average molecular weight is 184 g/mol. The highest BCUT2D eigenvalue weighted by molar-refractivity contribution is 5.86. The molecule has 0 aromatic carbocycles. The van der Waals surface area contributed by atoms with E-state index in [0.29, 0.717) is 12.4 Å². The van der Waals surface area contributed by atoms with Gasteiger partial charge in [-0.05, 0) is 14.1 Å². The molecule has 0 atom stereocenters. The van der Waals surface area contributed by atoms with Gasteiger partial charge in [0.2, 0.25) is 5.89 Å². The predicted octanol–water partition coefficient (Wildman–Crippen LogP) is 0.523. The molecular formula is C8H12N2O3. The summed E-state index contributed by atoms with van der Waals surface area (Å²) in [6.45, 7) is 0.566. The highest BCUT2D eigenvalue weighted by Gasteiger charge is 2.11. The van der Waals surface area contributed by atoms with E-state index < -0.39 is 5.97 Å². The molecule has 0 aliphatic heterocycles. The number of carbonyl (C=O) groups is 1. The van der Waals surface area contributed by atoms with Gasteiger partial charge < -0.3 is 14.1 Å². The molecule has 1 aromatic heterocycles. The summed E-state index contributed by atoms with van der Waals surface area (Å²) in [5.41, 5.74) is 0.208. The maximum absolute atomic E-state index is 11.0. The minimum absolute atomic E-state index is 0.208. The van der Waals surface area contributed by atoms with Gasteiger partial charge in [-0.25, -0.2) is 9.78 Å². The number of oxazole rings is 1. The van der Waals surface area contributed by atoms with Gasteiger partial charge in [0.25, 0.3) is 0 Å². The number of rotatable bonds is 3. The van der Waals surface area contributed by atoms with Crippen LogP contribution in [0, 0.1) is 0 Å². The SMILES string of the molecule is COC(=O)c1coc(CN(C)C)n1. The standard InChI is InChI=1S/C8H12N2O3/c1-10(2)4-7-9-6(5-13-7)8(11)12-3/h5H,4H2,1-3H3. The molecule has 0 aliphatic rings.